The molecule has 1 aliphatic rings. The van der Waals surface area contributed by atoms with Crippen molar-refractivity contribution in [2.75, 3.05) is 11.9 Å². The Hall–Kier alpha value is -2.80. The predicted octanol–water partition coefficient (Wildman–Crippen LogP) is 3.93. The number of fused-ring (bicyclic) bond motifs is 1. The van der Waals surface area contributed by atoms with Gasteiger partial charge in [0.25, 0.3) is 0 Å². The molecular weight excluding hydrogens is 339 g/mol. The van der Waals surface area contributed by atoms with Gasteiger partial charge in [0, 0.05) is 18.7 Å². The summed E-state index contributed by atoms with van der Waals surface area (Å²) in [6.07, 6.45) is 0.848. The molecule has 2 heterocycles. The second kappa shape index (κ2) is 6.60. The van der Waals surface area contributed by atoms with E-state index >= 15 is 0 Å². The molecule has 0 bridgehead atoms. The van der Waals surface area contributed by atoms with Crippen LogP contribution in [-0.4, -0.2) is 27.7 Å². The Morgan fingerprint density at radius 3 is 2.64 bits per heavy atom. The first-order valence-electron chi connectivity index (χ1n) is 7.91. The Morgan fingerprint density at radius 1 is 1.08 bits per heavy atom. The number of nitrogens with zero attached hydrogens (tertiary/aromatic N) is 3. The first kappa shape index (κ1) is 15.7. The quantitative estimate of drug-likeness (QED) is 0.758. The maximum Gasteiger partial charge on any atom is 0.324 e. The van der Waals surface area contributed by atoms with E-state index in [0.29, 0.717) is 23.2 Å². The number of rotatable bonds is 2. The highest BCUT2D eigenvalue weighted by molar-refractivity contribution is 7.18. The van der Waals surface area contributed by atoms with Gasteiger partial charge >= 0.3 is 6.03 Å². The van der Waals surface area contributed by atoms with E-state index in [9.17, 15) is 9.18 Å². The van der Waals surface area contributed by atoms with Crippen LogP contribution in [-0.2, 0) is 13.0 Å². The lowest BCUT2D eigenvalue weighted by Crippen LogP contribution is -2.38. The molecule has 7 heteroatoms. The Balaban J connectivity index is 1.44. The van der Waals surface area contributed by atoms with Crippen LogP contribution in [0.4, 0.5) is 14.3 Å². The van der Waals surface area contributed by atoms with Gasteiger partial charge in [-0.1, -0.05) is 35.6 Å². The summed E-state index contributed by atoms with van der Waals surface area (Å²) < 4.78 is 13.0. The Kier molecular flexibility index (Phi) is 4.15. The van der Waals surface area contributed by atoms with E-state index < -0.39 is 0 Å². The highest BCUT2D eigenvalue weighted by Crippen LogP contribution is 2.27. The van der Waals surface area contributed by atoms with Crippen LogP contribution in [0.5, 0.6) is 0 Å². The normalized spacial score (nSPS) is 13.4. The third-order valence-electron chi connectivity index (χ3n) is 4.15. The van der Waals surface area contributed by atoms with Crippen LogP contribution in [0.2, 0.25) is 0 Å². The van der Waals surface area contributed by atoms with Crippen molar-refractivity contribution in [3.05, 3.63) is 65.5 Å². The van der Waals surface area contributed by atoms with Gasteiger partial charge in [-0.15, -0.1) is 10.2 Å². The second-order valence-electron chi connectivity index (χ2n) is 5.79. The number of nitrogens with one attached hydrogen (secondary N) is 1. The molecule has 25 heavy (non-hydrogen) atoms. The van der Waals surface area contributed by atoms with Gasteiger partial charge in [-0.25, -0.2) is 9.18 Å². The average molecular weight is 354 g/mol. The Labute approximate surface area is 148 Å². The van der Waals surface area contributed by atoms with Gasteiger partial charge in [-0.3, -0.25) is 5.32 Å². The molecule has 0 fully saturated rings. The minimum atomic E-state index is -0.299. The third kappa shape index (κ3) is 3.36. The molecule has 0 spiro atoms. The SMILES string of the molecule is O=C(Nc1nnc(-c2ccc(F)cc2)s1)N1CCc2ccccc2C1. The van der Waals surface area contributed by atoms with Gasteiger partial charge in [0.2, 0.25) is 5.13 Å². The number of urea groups is 1. The first-order valence-corrected chi connectivity index (χ1v) is 8.73. The average Bonchev–Trinajstić information content (AvgIpc) is 3.10. The Bertz CT molecular complexity index is 909. The summed E-state index contributed by atoms with van der Waals surface area (Å²) in [5.41, 5.74) is 3.24. The molecular formula is C18H15FN4OS. The lowest BCUT2D eigenvalue weighted by molar-refractivity contribution is 0.206. The molecule has 0 atom stereocenters. The van der Waals surface area contributed by atoms with E-state index in [1.165, 1.54) is 34.6 Å². The van der Waals surface area contributed by atoms with Crippen LogP contribution < -0.4 is 5.32 Å². The molecule has 1 aliphatic heterocycles. The van der Waals surface area contributed by atoms with Crippen molar-refractivity contribution < 1.29 is 9.18 Å². The van der Waals surface area contributed by atoms with Crippen LogP contribution in [0.3, 0.4) is 0 Å². The van der Waals surface area contributed by atoms with Crippen molar-refractivity contribution in [2.24, 2.45) is 0 Å². The summed E-state index contributed by atoms with van der Waals surface area (Å²) in [6, 6.07) is 14.0. The van der Waals surface area contributed by atoms with E-state index in [1.54, 1.807) is 17.0 Å². The van der Waals surface area contributed by atoms with Crippen LogP contribution in [0.25, 0.3) is 10.6 Å². The standard InChI is InChI=1S/C18H15FN4OS/c19-15-7-5-13(6-8-15)16-21-22-17(25-16)20-18(24)23-10-9-12-3-1-2-4-14(12)11-23/h1-8H,9-11H2,(H,20,22,24). The van der Waals surface area contributed by atoms with Gasteiger partial charge in [-0.2, -0.15) is 0 Å². The van der Waals surface area contributed by atoms with E-state index in [4.69, 9.17) is 0 Å². The largest absolute Gasteiger partial charge is 0.324 e. The molecule has 1 N–H and O–H groups in total. The van der Waals surface area contributed by atoms with Crippen LogP contribution in [0, 0.1) is 5.82 Å². The summed E-state index contributed by atoms with van der Waals surface area (Å²) >= 11 is 1.27. The maximum absolute atomic E-state index is 13.0. The molecule has 126 valence electrons. The molecule has 0 saturated carbocycles. The molecule has 5 nitrogen and oxygen atoms in total. The van der Waals surface area contributed by atoms with Crippen LogP contribution in [0.1, 0.15) is 11.1 Å². The maximum atomic E-state index is 13.0. The van der Waals surface area contributed by atoms with Gasteiger partial charge in [0.15, 0.2) is 0 Å². The van der Waals surface area contributed by atoms with E-state index in [0.717, 1.165) is 12.0 Å². The number of hydrogen-bond acceptors (Lipinski definition) is 4. The fourth-order valence-electron chi connectivity index (χ4n) is 2.82. The van der Waals surface area contributed by atoms with Crippen LogP contribution in [0.15, 0.2) is 48.5 Å². The van der Waals surface area contributed by atoms with E-state index in [2.05, 4.69) is 21.6 Å². The van der Waals surface area contributed by atoms with E-state index in [1.807, 2.05) is 18.2 Å². The lowest BCUT2D eigenvalue weighted by Gasteiger charge is -2.28. The highest BCUT2D eigenvalue weighted by atomic mass is 32.1. The first-order chi connectivity index (χ1) is 12.2. The number of amides is 2. The zero-order valence-corrected chi connectivity index (χ0v) is 14.1. The fourth-order valence-corrected chi connectivity index (χ4v) is 3.56. The van der Waals surface area contributed by atoms with Crippen LogP contribution >= 0.6 is 11.3 Å². The third-order valence-corrected chi connectivity index (χ3v) is 5.04. The summed E-state index contributed by atoms with van der Waals surface area (Å²) in [6.45, 7) is 1.26. The molecule has 4 rings (SSSR count). The number of benzene rings is 2. The van der Waals surface area contributed by atoms with Crippen molar-refractivity contribution in [2.45, 2.75) is 13.0 Å². The minimum absolute atomic E-state index is 0.184. The van der Waals surface area contributed by atoms with Crippen molar-refractivity contribution in [3.8, 4) is 10.6 Å². The zero-order valence-electron chi connectivity index (χ0n) is 13.3. The lowest BCUT2D eigenvalue weighted by atomic mass is 10.0. The van der Waals surface area contributed by atoms with Crippen molar-refractivity contribution in [1.82, 2.24) is 15.1 Å². The van der Waals surface area contributed by atoms with Gasteiger partial charge in [0.05, 0.1) is 0 Å². The topological polar surface area (TPSA) is 58.1 Å². The summed E-state index contributed by atoms with van der Waals surface area (Å²) in [7, 11) is 0. The van der Waals surface area contributed by atoms with Crippen molar-refractivity contribution >= 4 is 22.5 Å². The Morgan fingerprint density at radius 2 is 1.84 bits per heavy atom. The van der Waals surface area contributed by atoms with Gasteiger partial charge in [-0.05, 0) is 41.8 Å². The van der Waals surface area contributed by atoms with Gasteiger partial charge < -0.3 is 4.90 Å². The number of carbonyl (C=O) groups is 1. The highest BCUT2D eigenvalue weighted by Gasteiger charge is 2.21. The molecule has 2 aromatic carbocycles. The number of carbonyl (C=O) groups excluding carboxylic acids is 1. The number of halogens is 1. The second-order valence-corrected chi connectivity index (χ2v) is 6.77. The summed E-state index contributed by atoms with van der Waals surface area (Å²) in [4.78, 5) is 14.2. The monoisotopic (exact) mass is 354 g/mol. The van der Waals surface area contributed by atoms with Crippen molar-refractivity contribution in [3.63, 3.8) is 0 Å². The predicted molar refractivity (Wildman–Crippen MR) is 94.9 cm³/mol. The molecule has 1 aromatic heterocycles. The van der Waals surface area contributed by atoms with Crippen molar-refractivity contribution in [1.29, 1.82) is 0 Å². The van der Waals surface area contributed by atoms with Gasteiger partial charge in [0.1, 0.15) is 10.8 Å². The fraction of sp³-hybridized carbons (Fsp3) is 0.167. The molecule has 0 aliphatic carbocycles. The number of hydrogen-bond donors (Lipinski definition) is 1. The number of anilines is 1. The molecule has 3 aromatic rings. The zero-order chi connectivity index (χ0) is 17.2. The molecule has 0 radical (unpaired) electrons. The van der Waals surface area contributed by atoms with E-state index in [-0.39, 0.29) is 11.8 Å². The summed E-state index contributed by atoms with van der Waals surface area (Å²) in [5, 5.41) is 11.9. The summed E-state index contributed by atoms with van der Waals surface area (Å²) in [5.74, 6) is -0.299. The number of aromatic nitrogens is 2. The molecule has 0 unspecified atom stereocenters. The minimum Gasteiger partial charge on any atom is -0.320 e. The molecule has 0 saturated heterocycles. The smallest absolute Gasteiger partial charge is 0.320 e. The molecule has 2 amide bonds.